The molecule has 0 heterocycles. The van der Waals surface area contributed by atoms with Gasteiger partial charge in [0.25, 0.3) is 0 Å². The van der Waals surface area contributed by atoms with Crippen molar-refractivity contribution in [1.29, 1.82) is 0 Å². The Morgan fingerprint density at radius 1 is 1.22 bits per heavy atom. The number of rotatable bonds is 9. The van der Waals surface area contributed by atoms with Gasteiger partial charge in [-0.15, -0.1) is 0 Å². The topological polar surface area (TPSA) is 75.7 Å². The lowest BCUT2D eigenvalue weighted by Crippen LogP contribution is -2.48. The second-order valence-electron chi connectivity index (χ2n) is 5.63. The molecule has 6 nitrogen and oxygen atoms in total. The van der Waals surface area contributed by atoms with E-state index < -0.39 is 16.1 Å². The molecule has 1 aromatic rings. The number of nitrogens with one attached hydrogen (secondary N) is 1. The molecule has 0 aliphatic carbocycles. The second kappa shape index (κ2) is 8.88. The summed E-state index contributed by atoms with van der Waals surface area (Å²) in [5.41, 5.74) is 0.473. The fraction of sp³-hybridized carbons (Fsp3) is 0.562. The number of carbonyl (C=O) groups excluding carboxylic acids is 1. The number of para-hydroxylation sites is 1. The molecule has 0 aromatic heterocycles. The van der Waals surface area contributed by atoms with E-state index >= 15 is 0 Å². The maximum atomic E-state index is 12.2. The van der Waals surface area contributed by atoms with Crippen LogP contribution >= 0.6 is 0 Å². The molecule has 1 N–H and O–H groups in total. The van der Waals surface area contributed by atoms with E-state index in [2.05, 4.69) is 5.32 Å². The normalized spacial score (nSPS) is 12.9. The molecule has 0 aliphatic heterocycles. The van der Waals surface area contributed by atoms with Crippen molar-refractivity contribution < 1.29 is 17.9 Å². The molecule has 0 saturated heterocycles. The lowest BCUT2D eigenvalue weighted by Gasteiger charge is -2.28. The van der Waals surface area contributed by atoms with Crippen LogP contribution in [0.3, 0.4) is 0 Å². The van der Waals surface area contributed by atoms with Crippen molar-refractivity contribution in [2.45, 2.75) is 39.3 Å². The molecule has 7 heteroatoms. The largest absolute Gasteiger partial charge is 0.379 e. The molecule has 0 radical (unpaired) electrons. The number of hydrogen-bond acceptors (Lipinski definition) is 4. The summed E-state index contributed by atoms with van der Waals surface area (Å²) < 4.78 is 30.6. The average Bonchev–Trinajstić information content (AvgIpc) is 2.46. The highest BCUT2D eigenvalue weighted by Crippen LogP contribution is 2.20. The number of ether oxygens (including phenoxy) is 1. The van der Waals surface area contributed by atoms with Gasteiger partial charge in [-0.05, 0) is 39.3 Å². The third kappa shape index (κ3) is 6.58. The molecule has 0 bridgehead atoms. The molecule has 0 spiro atoms. The zero-order valence-electron chi connectivity index (χ0n) is 14.2. The van der Waals surface area contributed by atoms with Crippen molar-refractivity contribution in [3.63, 3.8) is 0 Å². The lowest BCUT2D eigenvalue weighted by molar-refractivity contribution is -0.121. The molecule has 1 amide bonds. The van der Waals surface area contributed by atoms with Crippen LogP contribution in [0.15, 0.2) is 30.3 Å². The van der Waals surface area contributed by atoms with Gasteiger partial charge in [-0.3, -0.25) is 9.10 Å². The molecular formula is C16H26N2O4S. The van der Waals surface area contributed by atoms with Gasteiger partial charge in [0.15, 0.2) is 0 Å². The highest BCUT2D eigenvalue weighted by atomic mass is 32.2. The number of sulfonamides is 1. The van der Waals surface area contributed by atoms with Crippen LogP contribution in [0.2, 0.25) is 0 Å². The Labute approximate surface area is 138 Å². The number of benzene rings is 1. The molecule has 1 aromatic carbocycles. The van der Waals surface area contributed by atoms with E-state index in [1.807, 2.05) is 13.8 Å². The molecule has 1 atom stereocenters. The van der Waals surface area contributed by atoms with E-state index in [1.165, 1.54) is 0 Å². The lowest BCUT2D eigenvalue weighted by atomic mass is 10.2. The SMILES string of the molecule is CC(C)OCCCNC(=O)[C@H](C)N(c1ccccc1)S(C)(=O)=O. The Bertz CT molecular complexity index is 587. The highest BCUT2D eigenvalue weighted by molar-refractivity contribution is 7.92. The van der Waals surface area contributed by atoms with E-state index in [1.54, 1.807) is 37.3 Å². The van der Waals surface area contributed by atoms with Crippen LogP contribution in [0, 0.1) is 0 Å². The van der Waals surface area contributed by atoms with Gasteiger partial charge in [-0.1, -0.05) is 18.2 Å². The second-order valence-corrected chi connectivity index (χ2v) is 7.49. The number of carbonyl (C=O) groups is 1. The first-order valence-corrected chi connectivity index (χ1v) is 9.52. The summed E-state index contributed by atoms with van der Waals surface area (Å²) in [5.74, 6) is -0.330. The van der Waals surface area contributed by atoms with Crippen LogP contribution in [0.1, 0.15) is 27.2 Å². The Hall–Kier alpha value is -1.60. The Balaban J connectivity index is 2.67. The molecule has 23 heavy (non-hydrogen) atoms. The van der Waals surface area contributed by atoms with Crippen LogP contribution in [0.5, 0.6) is 0 Å². The zero-order chi connectivity index (χ0) is 17.5. The summed E-state index contributed by atoms with van der Waals surface area (Å²) in [4.78, 5) is 12.2. The Morgan fingerprint density at radius 3 is 2.35 bits per heavy atom. The Morgan fingerprint density at radius 2 is 1.83 bits per heavy atom. The maximum absolute atomic E-state index is 12.2. The van der Waals surface area contributed by atoms with E-state index in [9.17, 15) is 13.2 Å². The quantitative estimate of drug-likeness (QED) is 0.694. The first-order chi connectivity index (χ1) is 10.7. The summed E-state index contributed by atoms with van der Waals surface area (Å²) >= 11 is 0. The van der Waals surface area contributed by atoms with Crippen molar-refractivity contribution in [3.8, 4) is 0 Å². The first kappa shape index (κ1) is 19.4. The number of nitrogens with zero attached hydrogens (tertiary/aromatic N) is 1. The predicted molar refractivity (Wildman–Crippen MR) is 91.9 cm³/mol. The van der Waals surface area contributed by atoms with Crippen molar-refractivity contribution in [2.75, 3.05) is 23.7 Å². The molecule has 0 fully saturated rings. The van der Waals surface area contributed by atoms with Gasteiger partial charge in [0, 0.05) is 13.2 Å². The molecular weight excluding hydrogens is 316 g/mol. The molecule has 1 rings (SSSR count). The fourth-order valence-electron chi connectivity index (χ4n) is 2.13. The van der Waals surface area contributed by atoms with Crippen molar-refractivity contribution in [2.24, 2.45) is 0 Å². The zero-order valence-corrected chi connectivity index (χ0v) is 15.0. The summed E-state index contributed by atoms with van der Waals surface area (Å²) in [7, 11) is -3.56. The van der Waals surface area contributed by atoms with Gasteiger partial charge in [0.2, 0.25) is 15.9 Å². The van der Waals surface area contributed by atoms with Gasteiger partial charge < -0.3 is 10.1 Å². The summed E-state index contributed by atoms with van der Waals surface area (Å²) in [6.07, 6.45) is 1.93. The van der Waals surface area contributed by atoms with Crippen LogP contribution in [0.4, 0.5) is 5.69 Å². The van der Waals surface area contributed by atoms with Crippen LogP contribution in [-0.2, 0) is 19.6 Å². The van der Waals surface area contributed by atoms with E-state index in [0.717, 1.165) is 10.6 Å². The smallest absolute Gasteiger partial charge is 0.243 e. The summed E-state index contributed by atoms with van der Waals surface area (Å²) in [6.45, 7) is 6.48. The summed E-state index contributed by atoms with van der Waals surface area (Å²) in [6, 6.07) is 7.79. The van der Waals surface area contributed by atoms with Crippen molar-refractivity contribution >= 4 is 21.6 Å². The van der Waals surface area contributed by atoms with Crippen molar-refractivity contribution in [3.05, 3.63) is 30.3 Å². The third-order valence-corrected chi connectivity index (χ3v) is 4.41. The molecule has 0 saturated carbocycles. The van der Waals surface area contributed by atoms with Crippen molar-refractivity contribution in [1.82, 2.24) is 5.32 Å². The fourth-order valence-corrected chi connectivity index (χ4v) is 3.31. The third-order valence-electron chi connectivity index (χ3n) is 3.17. The molecule has 130 valence electrons. The minimum atomic E-state index is -3.56. The van der Waals surface area contributed by atoms with Gasteiger partial charge in [-0.25, -0.2) is 8.42 Å². The van der Waals surface area contributed by atoms with Crippen LogP contribution in [-0.4, -0.2) is 45.9 Å². The maximum Gasteiger partial charge on any atom is 0.243 e. The standard InChI is InChI=1S/C16H26N2O4S/c1-13(2)22-12-8-11-17-16(19)14(3)18(23(4,20)21)15-9-6-5-7-10-15/h5-7,9-10,13-14H,8,11-12H2,1-4H3,(H,17,19)/t14-/m0/s1. The van der Waals surface area contributed by atoms with Gasteiger partial charge >= 0.3 is 0 Å². The van der Waals surface area contributed by atoms with Gasteiger partial charge in [-0.2, -0.15) is 0 Å². The average molecular weight is 342 g/mol. The van der Waals surface area contributed by atoms with Crippen LogP contribution in [0.25, 0.3) is 0 Å². The Kier molecular flexibility index (Phi) is 7.51. The number of anilines is 1. The van der Waals surface area contributed by atoms with Crippen LogP contribution < -0.4 is 9.62 Å². The minimum Gasteiger partial charge on any atom is -0.379 e. The number of amides is 1. The predicted octanol–water partition coefficient (Wildman–Crippen LogP) is 1.77. The first-order valence-electron chi connectivity index (χ1n) is 7.67. The molecule has 0 aliphatic rings. The van der Waals surface area contributed by atoms with Gasteiger partial charge in [0.1, 0.15) is 6.04 Å². The van der Waals surface area contributed by atoms with Gasteiger partial charge in [0.05, 0.1) is 18.0 Å². The minimum absolute atomic E-state index is 0.156. The van der Waals surface area contributed by atoms with E-state index in [0.29, 0.717) is 25.3 Å². The monoisotopic (exact) mass is 342 g/mol. The summed E-state index contributed by atoms with van der Waals surface area (Å²) in [5, 5.41) is 2.75. The highest BCUT2D eigenvalue weighted by Gasteiger charge is 2.28. The molecule has 0 unspecified atom stereocenters. The van der Waals surface area contributed by atoms with E-state index in [4.69, 9.17) is 4.74 Å². The number of hydrogen-bond donors (Lipinski definition) is 1. The van der Waals surface area contributed by atoms with E-state index in [-0.39, 0.29) is 12.0 Å².